The lowest BCUT2D eigenvalue weighted by molar-refractivity contribution is -0.117. The molecule has 3 heteroatoms. The van der Waals surface area contributed by atoms with Crippen LogP contribution in [0.15, 0.2) is 18.2 Å². The first kappa shape index (κ1) is 11.7. The second kappa shape index (κ2) is 5.51. The Bertz CT molecular complexity index is 347. The largest absolute Gasteiger partial charge is 0.369 e. The van der Waals surface area contributed by atoms with E-state index in [1.807, 2.05) is 0 Å². The van der Waals surface area contributed by atoms with Crippen molar-refractivity contribution in [3.8, 4) is 0 Å². The summed E-state index contributed by atoms with van der Waals surface area (Å²) in [6.07, 6.45) is 0.931. The SMILES string of the molecule is Cc1ccc(C)c(CCNCC(N)=O)c1. The van der Waals surface area contributed by atoms with Gasteiger partial charge >= 0.3 is 0 Å². The Kier molecular flexibility index (Phi) is 4.31. The number of carbonyl (C=O) groups excluding carboxylic acids is 1. The van der Waals surface area contributed by atoms with Crippen LogP contribution in [-0.4, -0.2) is 19.0 Å². The van der Waals surface area contributed by atoms with E-state index in [4.69, 9.17) is 5.73 Å². The maximum atomic E-state index is 10.5. The monoisotopic (exact) mass is 206 g/mol. The van der Waals surface area contributed by atoms with Crippen molar-refractivity contribution in [3.05, 3.63) is 34.9 Å². The molecule has 3 N–H and O–H groups in total. The van der Waals surface area contributed by atoms with Gasteiger partial charge in [0.2, 0.25) is 5.91 Å². The van der Waals surface area contributed by atoms with Gasteiger partial charge in [0.15, 0.2) is 0 Å². The number of rotatable bonds is 5. The average Bonchev–Trinajstić information content (AvgIpc) is 2.17. The van der Waals surface area contributed by atoms with Gasteiger partial charge in [0, 0.05) is 0 Å². The summed E-state index contributed by atoms with van der Waals surface area (Å²) in [4.78, 5) is 10.5. The molecule has 0 aromatic heterocycles. The van der Waals surface area contributed by atoms with Crippen LogP contribution in [0.25, 0.3) is 0 Å². The van der Waals surface area contributed by atoms with Crippen molar-refractivity contribution in [2.24, 2.45) is 5.73 Å². The summed E-state index contributed by atoms with van der Waals surface area (Å²) in [5, 5.41) is 3.01. The minimum absolute atomic E-state index is 0.255. The van der Waals surface area contributed by atoms with Gasteiger partial charge in [-0.2, -0.15) is 0 Å². The van der Waals surface area contributed by atoms with Crippen molar-refractivity contribution in [2.45, 2.75) is 20.3 Å². The normalized spacial score (nSPS) is 10.3. The number of hydrogen-bond acceptors (Lipinski definition) is 2. The molecule has 0 aliphatic carbocycles. The first-order valence-corrected chi connectivity index (χ1v) is 5.15. The van der Waals surface area contributed by atoms with Gasteiger partial charge in [-0.25, -0.2) is 0 Å². The molecule has 1 rings (SSSR count). The molecule has 0 spiro atoms. The van der Waals surface area contributed by atoms with E-state index < -0.39 is 0 Å². The highest BCUT2D eigenvalue weighted by molar-refractivity contribution is 5.75. The summed E-state index contributed by atoms with van der Waals surface area (Å²) in [6.45, 7) is 5.22. The molecule has 1 aromatic carbocycles. The fourth-order valence-electron chi connectivity index (χ4n) is 1.50. The van der Waals surface area contributed by atoms with Gasteiger partial charge < -0.3 is 11.1 Å². The van der Waals surface area contributed by atoms with Gasteiger partial charge in [-0.3, -0.25) is 4.79 Å². The van der Waals surface area contributed by atoms with Crippen LogP contribution in [0.1, 0.15) is 16.7 Å². The lowest BCUT2D eigenvalue weighted by Gasteiger charge is -2.07. The predicted octanol–water partition coefficient (Wildman–Crippen LogP) is 0.921. The molecule has 0 saturated carbocycles. The fraction of sp³-hybridized carbons (Fsp3) is 0.417. The van der Waals surface area contributed by atoms with Gasteiger partial charge in [-0.05, 0) is 37.9 Å². The van der Waals surface area contributed by atoms with Crippen LogP contribution in [0, 0.1) is 13.8 Å². The topological polar surface area (TPSA) is 55.1 Å². The molecule has 15 heavy (non-hydrogen) atoms. The Morgan fingerprint density at radius 2 is 2.13 bits per heavy atom. The Morgan fingerprint density at radius 1 is 1.40 bits per heavy atom. The predicted molar refractivity (Wildman–Crippen MR) is 61.7 cm³/mol. The van der Waals surface area contributed by atoms with Crippen LogP contribution < -0.4 is 11.1 Å². The molecule has 0 radical (unpaired) electrons. The third kappa shape index (κ3) is 4.13. The number of hydrogen-bond donors (Lipinski definition) is 2. The van der Waals surface area contributed by atoms with Crippen molar-refractivity contribution in [3.63, 3.8) is 0 Å². The minimum atomic E-state index is -0.309. The smallest absolute Gasteiger partial charge is 0.231 e. The molecule has 82 valence electrons. The van der Waals surface area contributed by atoms with E-state index in [-0.39, 0.29) is 12.5 Å². The average molecular weight is 206 g/mol. The number of nitrogens with one attached hydrogen (secondary N) is 1. The van der Waals surface area contributed by atoms with Crippen molar-refractivity contribution in [1.82, 2.24) is 5.32 Å². The highest BCUT2D eigenvalue weighted by Crippen LogP contribution is 2.10. The van der Waals surface area contributed by atoms with Crippen molar-refractivity contribution >= 4 is 5.91 Å². The third-order valence-electron chi connectivity index (χ3n) is 2.37. The molecule has 0 aliphatic rings. The molecule has 0 atom stereocenters. The number of carbonyl (C=O) groups is 1. The van der Waals surface area contributed by atoms with Gasteiger partial charge in [-0.15, -0.1) is 0 Å². The van der Waals surface area contributed by atoms with Crippen LogP contribution in [0.2, 0.25) is 0 Å². The van der Waals surface area contributed by atoms with Gasteiger partial charge in [-0.1, -0.05) is 23.8 Å². The quantitative estimate of drug-likeness (QED) is 0.704. The van der Waals surface area contributed by atoms with E-state index >= 15 is 0 Å². The Labute approximate surface area is 90.7 Å². The molecule has 0 unspecified atom stereocenters. The molecule has 1 aromatic rings. The molecule has 0 saturated heterocycles. The van der Waals surface area contributed by atoms with Crippen molar-refractivity contribution in [1.29, 1.82) is 0 Å². The van der Waals surface area contributed by atoms with E-state index in [2.05, 4.69) is 37.4 Å². The maximum Gasteiger partial charge on any atom is 0.231 e. The zero-order valence-corrected chi connectivity index (χ0v) is 9.34. The third-order valence-corrected chi connectivity index (χ3v) is 2.37. The summed E-state index contributed by atoms with van der Waals surface area (Å²) in [6, 6.07) is 6.41. The molecular formula is C12H18N2O. The van der Waals surface area contributed by atoms with Crippen LogP contribution in [0.5, 0.6) is 0 Å². The molecule has 0 bridgehead atoms. The van der Waals surface area contributed by atoms with E-state index in [0.717, 1.165) is 13.0 Å². The van der Waals surface area contributed by atoms with E-state index in [1.165, 1.54) is 16.7 Å². The molecule has 1 amide bonds. The van der Waals surface area contributed by atoms with E-state index in [9.17, 15) is 4.79 Å². The van der Waals surface area contributed by atoms with E-state index in [1.54, 1.807) is 0 Å². The highest BCUT2D eigenvalue weighted by Gasteiger charge is 1.99. The van der Waals surface area contributed by atoms with Gasteiger partial charge in [0.1, 0.15) is 0 Å². The zero-order chi connectivity index (χ0) is 11.3. The van der Waals surface area contributed by atoms with Gasteiger partial charge in [0.25, 0.3) is 0 Å². The standard InChI is InChI=1S/C12H18N2O/c1-9-3-4-10(2)11(7-9)5-6-14-8-12(13)15/h3-4,7,14H,5-6,8H2,1-2H3,(H2,13,15). The number of nitrogens with two attached hydrogens (primary N) is 1. The molecule has 0 heterocycles. The number of aryl methyl sites for hydroxylation is 2. The summed E-state index contributed by atoms with van der Waals surface area (Å²) < 4.78 is 0. The molecule has 3 nitrogen and oxygen atoms in total. The van der Waals surface area contributed by atoms with E-state index in [0.29, 0.717) is 0 Å². The summed E-state index contributed by atoms with van der Waals surface area (Å²) in [5.74, 6) is -0.309. The summed E-state index contributed by atoms with van der Waals surface area (Å²) >= 11 is 0. The second-order valence-electron chi connectivity index (χ2n) is 3.82. The van der Waals surface area contributed by atoms with Crippen LogP contribution in [0.4, 0.5) is 0 Å². The van der Waals surface area contributed by atoms with Crippen LogP contribution >= 0.6 is 0 Å². The molecular weight excluding hydrogens is 188 g/mol. The van der Waals surface area contributed by atoms with Crippen LogP contribution in [0.3, 0.4) is 0 Å². The maximum absolute atomic E-state index is 10.5. The lowest BCUT2D eigenvalue weighted by Crippen LogP contribution is -2.29. The number of amides is 1. The van der Waals surface area contributed by atoms with Crippen molar-refractivity contribution in [2.75, 3.05) is 13.1 Å². The summed E-state index contributed by atoms with van der Waals surface area (Å²) in [5.41, 5.74) is 8.91. The Hall–Kier alpha value is -1.35. The Morgan fingerprint density at radius 3 is 2.80 bits per heavy atom. The van der Waals surface area contributed by atoms with Gasteiger partial charge in [0.05, 0.1) is 6.54 Å². The lowest BCUT2D eigenvalue weighted by atomic mass is 10.0. The summed E-state index contributed by atoms with van der Waals surface area (Å²) in [7, 11) is 0. The first-order valence-electron chi connectivity index (χ1n) is 5.15. The number of primary amides is 1. The first-order chi connectivity index (χ1) is 7.09. The fourth-order valence-corrected chi connectivity index (χ4v) is 1.50. The minimum Gasteiger partial charge on any atom is -0.369 e. The molecule has 0 fully saturated rings. The van der Waals surface area contributed by atoms with Crippen molar-refractivity contribution < 1.29 is 4.79 Å². The number of benzene rings is 1. The Balaban J connectivity index is 2.43. The zero-order valence-electron chi connectivity index (χ0n) is 9.34. The molecule has 0 aliphatic heterocycles. The second-order valence-corrected chi connectivity index (χ2v) is 3.82. The van der Waals surface area contributed by atoms with Crippen LogP contribution in [-0.2, 0) is 11.2 Å². The highest BCUT2D eigenvalue weighted by atomic mass is 16.1.